The molecule has 1 fully saturated rings. The van der Waals surface area contributed by atoms with Gasteiger partial charge in [-0.2, -0.15) is 0 Å². The summed E-state index contributed by atoms with van der Waals surface area (Å²) in [6.45, 7) is 6.22. The van der Waals surface area contributed by atoms with Crippen LogP contribution in [0, 0.1) is 11.8 Å². The SMILES string of the molecule is CC#CCn1c(=O)n(CCc2ccccc2)c2ncnc(N3CCNCC3)c21. The summed E-state index contributed by atoms with van der Waals surface area (Å²) < 4.78 is 3.47. The third-order valence-electron chi connectivity index (χ3n) is 5.07. The molecule has 1 saturated heterocycles. The van der Waals surface area contributed by atoms with Gasteiger partial charge in [-0.1, -0.05) is 36.3 Å². The van der Waals surface area contributed by atoms with Crippen LogP contribution in [0.3, 0.4) is 0 Å². The van der Waals surface area contributed by atoms with Crippen molar-refractivity contribution in [2.75, 3.05) is 31.1 Å². The Labute approximate surface area is 164 Å². The summed E-state index contributed by atoms with van der Waals surface area (Å²) >= 11 is 0. The molecule has 144 valence electrons. The van der Waals surface area contributed by atoms with Crippen molar-refractivity contribution in [2.45, 2.75) is 26.4 Å². The molecule has 0 bridgehead atoms. The average Bonchev–Trinajstić information content (AvgIpc) is 3.03. The van der Waals surface area contributed by atoms with Crippen LogP contribution in [0.25, 0.3) is 11.2 Å². The normalized spacial score (nSPS) is 14.1. The summed E-state index contributed by atoms with van der Waals surface area (Å²) in [7, 11) is 0. The van der Waals surface area contributed by atoms with Crippen LogP contribution >= 0.6 is 0 Å². The van der Waals surface area contributed by atoms with Gasteiger partial charge in [-0.15, -0.1) is 5.92 Å². The van der Waals surface area contributed by atoms with Crippen molar-refractivity contribution in [3.63, 3.8) is 0 Å². The van der Waals surface area contributed by atoms with E-state index in [1.807, 2.05) is 18.2 Å². The molecule has 0 saturated carbocycles. The number of anilines is 1. The Morgan fingerprint density at radius 2 is 1.89 bits per heavy atom. The van der Waals surface area contributed by atoms with Crippen LogP contribution in [0.2, 0.25) is 0 Å². The summed E-state index contributed by atoms with van der Waals surface area (Å²) in [4.78, 5) is 24.4. The lowest BCUT2D eigenvalue weighted by Crippen LogP contribution is -2.44. The number of rotatable bonds is 5. The van der Waals surface area contributed by atoms with Gasteiger partial charge in [0.1, 0.15) is 11.8 Å². The number of piperazine rings is 1. The average molecular weight is 376 g/mol. The van der Waals surface area contributed by atoms with Gasteiger partial charge >= 0.3 is 5.69 Å². The number of imidazole rings is 1. The topological polar surface area (TPSA) is 68.0 Å². The molecule has 28 heavy (non-hydrogen) atoms. The zero-order valence-corrected chi connectivity index (χ0v) is 16.1. The van der Waals surface area contributed by atoms with E-state index in [1.54, 1.807) is 22.4 Å². The third-order valence-corrected chi connectivity index (χ3v) is 5.07. The first-order valence-electron chi connectivity index (χ1n) is 9.63. The zero-order valence-electron chi connectivity index (χ0n) is 16.1. The molecular weight excluding hydrogens is 352 g/mol. The highest BCUT2D eigenvalue weighted by atomic mass is 16.1. The first kappa shape index (κ1) is 18.3. The maximum Gasteiger partial charge on any atom is 0.331 e. The largest absolute Gasteiger partial charge is 0.352 e. The Morgan fingerprint density at radius 1 is 1.11 bits per heavy atom. The van der Waals surface area contributed by atoms with Gasteiger partial charge in [0.25, 0.3) is 0 Å². The molecule has 7 nitrogen and oxygen atoms in total. The van der Waals surface area contributed by atoms with E-state index in [2.05, 4.69) is 44.2 Å². The van der Waals surface area contributed by atoms with E-state index in [-0.39, 0.29) is 5.69 Å². The molecule has 3 aromatic rings. The molecule has 0 spiro atoms. The Kier molecular flexibility index (Phi) is 5.40. The Bertz CT molecular complexity index is 1070. The number of hydrogen-bond donors (Lipinski definition) is 1. The Balaban J connectivity index is 1.79. The smallest absolute Gasteiger partial charge is 0.331 e. The lowest BCUT2D eigenvalue weighted by molar-refractivity contribution is 0.585. The maximum atomic E-state index is 13.2. The fourth-order valence-corrected chi connectivity index (χ4v) is 3.63. The second kappa shape index (κ2) is 8.28. The first-order chi connectivity index (χ1) is 13.8. The quantitative estimate of drug-likeness (QED) is 0.679. The highest BCUT2D eigenvalue weighted by molar-refractivity contribution is 5.84. The molecule has 0 radical (unpaired) electrons. The lowest BCUT2D eigenvalue weighted by atomic mass is 10.1. The number of nitrogens with one attached hydrogen (secondary N) is 1. The van der Waals surface area contributed by atoms with Gasteiger partial charge < -0.3 is 10.2 Å². The van der Waals surface area contributed by atoms with Gasteiger partial charge in [-0.25, -0.2) is 14.8 Å². The number of hydrogen-bond acceptors (Lipinski definition) is 5. The summed E-state index contributed by atoms with van der Waals surface area (Å²) in [6, 6.07) is 10.2. The van der Waals surface area contributed by atoms with Crippen LogP contribution in [0.1, 0.15) is 12.5 Å². The predicted octanol–water partition coefficient (Wildman–Crippen LogP) is 1.27. The molecular formula is C21H24N6O. The van der Waals surface area contributed by atoms with Crippen molar-refractivity contribution in [1.82, 2.24) is 24.4 Å². The maximum absolute atomic E-state index is 13.2. The van der Waals surface area contributed by atoms with Crippen LogP contribution in [0.15, 0.2) is 41.5 Å². The second-order valence-corrected chi connectivity index (χ2v) is 6.79. The minimum atomic E-state index is -0.0782. The van der Waals surface area contributed by atoms with Crippen LogP contribution in [0.5, 0.6) is 0 Å². The summed E-state index contributed by atoms with van der Waals surface area (Å²) in [5.74, 6) is 6.74. The number of fused-ring (bicyclic) bond motifs is 1. The van der Waals surface area contributed by atoms with Crippen LogP contribution in [-0.4, -0.2) is 45.3 Å². The minimum Gasteiger partial charge on any atom is -0.352 e. The standard InChI is InChI=1S/C21H24N6O/c1-2-3-12-26-18-19(25-14-10-22-11-15-25)23-16-24-20(18)27(21(26)28)13-9-17-7-5-4-6-8-17/h4-8,16,22H,9-15H2,1H3. The van der Waals surface area contributed by atoms with E-state index >= 15 is 0 Å². The summed E-state index contributed by atoms with van der Waals surface area (Å²) in [5.41, 5.74) is 2.58. The number of aromatic nitrogens is 4. The van der Waals surface area contributed by atoms with Crippen LogP contribution < -0.4 is 15.9 Å². The molecule has 4 rings (SSSR count). The fourth-order valence-electron chi connectivity index (χ4n) is 3.63. The minimum absolute atomic E-state index is 0.0782. The third kappa shape index (κ3) is 3.51. The fraction of sp³-hybridized carbons (Fsp3) is 0.381. The van der Waals surface area contributed by atoms with Crippen molar-refractivity contribution in [2.24, 2.45) is 0 Å². The number of nitrogens with zero attached hydrogens (tertiary/aromatic N) is 5. The molecule has 3 heterocycles. The van der Waals surface area contributed by atoms with Gasteiger partial charge in [0, 0.05) is 32.7 Å². The van der Waals surface area contributed by atoms with Crippen molar-refractivity contribution in [3.05, 3.63) is 52.7 Å². The molecule has 1 N–H and O–H groups in total. The molecule has 1 aliphatic heterocycles. The molecule has 0 amide bonds. The van der Waals surface area contributed by atoms with E-state index in [0.29, 0.717) is 18.7 Å². The summed E-state index contributed by atoms with van der Waals surface area (Å²) in [5, 5.41) is 3.36. The molecule has 0 unspecified atom stereocenters. The molecule has 7 heteroatoms. The van der Waals surface area contributed by atoms with Gasteiger partial charge in [-0.3, -0.25) is 9.13 Å². The zero-order chi connectivity index (χ0) is 19.3. The van der Waals surface area contributed by atoms with Crippen molar-refractivity contribution in [1.29, 1.82) is 0 Å². The van der Waals surface area contributed by atoms with E-state index in [4.69, 9.17) is 0 Å². The number of aryl methyl sites for hydroxylation is 2. The van der Waals surface area contributed by atoms with Gasteiger partial charge in [0.15, 0.2) is 11.5 Å². The first-order valence-corrected chi connectivity index (χ1v) is 9.63. The number of benzene rings is 1. The van der Waals surface area contributed by atoms with Gasteiger partial charge in [0.05, 0.1) is 6.54 Å². The van der Waals surface area contributed by atoms with E-state index in [1.165, 1.54) is 5.56 Å². The van der Waals surface area contributed by atoms with Gasteiger partial charge in [0.2, 0.25) is 0 Å². The van der Waals surface area contributed by atoms with Crippen LogP contribution in [0.4, 0.5) is 5.82 Å². The summed E-state index contributed by atoms with van der Waals surface area (Å²) in [6.07, 6.45) is 2.33. The predicted molar refractivity (Wildman–Crippen MR) is 110 cm³/mol. The van der Waals surface area contributed by atoms with E-state index in [9.17, 15) is 4.79 Å². The Hall–Kier alpha value is -3.11. The molecule has 0 aliphatic carbocycles. The van der Waals surface area contributed by atoms with Crippen LogP contribution in [-0.2, 0) is 19.5 Å². The molecule has 2 aromatic heterocycles. The highest BCUT2D eigenvalue weighted by Gasteiger charge is 2.22. The van der Waals surface area contributed by atoms with Crippen molar-refractivity contribution >= 4 is 17.0 Å². The van der Waals surface area contributed by atoms with Crippen molar-refractivity contribution < 1.29 is 0 Å². The monoisotopic (exact) mass is 376 g/mol. The van der Waals surface area contributed by atoms with E-state index in [0.717, 1.165) is 43.9 Å². The van der Waals surface area contributed by atoms with Gasteiger partial charge in [-0.05, 0) is 18.9 Å². The molecule has 0 atom stereocenters. The molecule has 1 aromatic carbocycles. The van der Waals surface area contributed by atoms with Crippen molar-refractivity contribution in [3.8, 4) is 11.8 Å². The highest BCUT2D eigenvalue weighted by Crippen LogP contribution is 2.23. The second-order valence-electron chi connectivity index (χ2n) is 6.79. The lowest BCUT2D eigenvalue weighted by Gasteiger charge is -2.28. The molecule has 1 aliphatic rings. The van der Waals surface area contributed by atoms with E-state index < -0.39 is 0 Å². The Morgan fingerprint density at radius 3 is 2.64 bits per heavy atom.